The fourth-order valence-corrected chi connectivity index (χ4v) is 3.82. The minimum atomic E-state index is -0.290. The van der Waals surface area contributed by atoms with Crippen molar-refractivity contribution in [1.82, 2.24) is 4.68 Å². The summed E-state index contributed by atoms with van der Waals surface area (Å²) in [6.07, 6.45) is 3.98. The Morgan fingerprint density at radius 2 is 1.80 bits per heavy atom. The van der Waals surface area contributed by atoms with Crippen LogP contribution in [0.25, 0.3) is 11.3 Å². The van der Waals surface area contributed by atoms with Crippen LogP contribution in [0.4, 0.5) is 10.1 Å². The SMILES string of the molecule is CCC(C=Nn1c(-c2cc(OC)ccc2OC)csc1=Nc1ccc(F)cc1)CC. The van der Waals surface area contributed by atoms with Crippen LogP contribution in [0, 0.1) is 11.7 Å². The highest BCUT2D eigenvalue weighted by molar-refractivity contribution is 7.07. The molecule has 30 heavy (non-hydrogen) atoms. The Morgan fingerprint density at radius 3 is 2.43 bits per heavy atom. The summed E-state index contributed by atoms with van der Waals surface area (Å²) >= 11 is 1.46. The molecule has 7 heteroatoms. The molecule has 0 saturated heterocycles. The molecule has 3 rings (SSSR count). The minimum Gasteiger partial charge on any atom is -0.497 e. The summed E-state index contributed by atoms with van der Waals surface area (Å²) in [6.45, 7) is 4.29. The third-order valence-corrected chi connectivity index (χ3v) is 5.68. The van der Waals surface area contributed by atoms with E-state index >= 15 is 0 Å². The zero-order chi connectivity index (χ0) is 21.5. The van der Waals surface area contributed by atoms with E-state index in [0.717, 1.165) is 29.8 Å². The molecular weight excluding hydrogens is 401 g/mol. The number of halogens is 1. The van der Waals surface area contributed by atoms with Crippen LogP contribution in [-0.2, 0) is 0 Å². The lowest BCUT2D eigenvalue weighted by Crippen LogP contribution is -2.13. The smallest absolute Gasteiger partial charge is 0.211 e. The molecule has 0 atom stereocenters. The molecule has 0 aliphatic rings. The number of ether oxygens (including phenoxy) is 2. The Bertz CT molecular complexity index is 1070. The number of methoxy groups -OCH3 is 2. The largest absolute Gasteiger partial charge is 0.497 e. The van der Waals surface area contributed by atoms with Gasteiger partial charge in [-0.15, -0.1) is 11.3 Å². The molecule has 1 heterocycles. The van der Waals surface area contributed by atoms with Crippen LogP contribution in [0.5, 0.6) is 11.5 Å². The second-order valence-electron chi connectivity index (χ2n) is 6.71. The van der Waals surface area contributed by atoms with Crippen molar-refractivity contribution < 1.29 is 13.9 Å². The van der Waals surface area contributed by atoms with E-state index in [1.807, 2.05) is 34.5 Å². The van der Waals surface area contributed by atoms with Gasteiger partial charge in [0.25, 0.3) is 0 Å². The maximum absolute atomic E-state index is 13.3. The normalized spacial score (nSPS) is 12.1. The van der Waals surface area contributed by atoms with Crippen molar-refractivity contribution in [3.63, 3.8) is 0 Å². The van der Waals surface area contributed by atoms with Gasteiger partial charge in [0, 0.05) is 17.2 Å². The molecule has 1 aromatic heterocycles. The summed E-state index contributed by atoms with van der Waals surface area (Å²) in [6, 6.07) is 11.7. The molecule has 2 aromatic carbocycles. The van der Waals surface area contributed by atoms with Gasteiger partial charge in [-0.05, 0) is 61.2 Å². The number of thiazole rings is 1. The predicted octanol–water partition coefficient (Wildman–Crippen LogP) is 5.88. The fourth-order valence-electron chi connectivity index (χ4n) is 2.98. The molecule has 0 N–H and O–H groups in total. The average Bonchev–Trinajstić information content (AvgIpc) is 3.17. The van der Waals surface area contributed by atoms with Crippen molar-refractivity contribution >= 4 is 23.2 Å². The molecule has 0 spiro atoms. The lowest BCUT2D eigenvalue weighted by molar-refractivity contribution is 0.404. The molecular formula is C23H26FN3O2S. The summed E-state index contributed by atoms with van der Waals surface area (Å²) in [5, 5.41) is 6.76. The molecule has 0 aliphatic heterocycles. The first-order valence-corrected chi connectivity index (χ1v) is 10.7. The highest BCUT2D eigenvalue weighted by Gasteiger charge is 2.14. The average molecular weight is 428 g/mol. The fraction of sp³-hybridized carbons (Fsp3) is 0.304. The van der Waals surface area contributed by atoms with E-state index in [1.165, 1.54) is 23.5 Å². The lowest BCUT2D eigenvalue weighted by atomic mass is 10.1. The summed E-state index contributed by atoms with van der Waals surface area (Å²) < 4.78 is 26.1. The van der Waals surface area contributed by atoms with Gasteiger partial charge in [0.1, 0.15) is 17.3 Å². The Balaban J connectivity index is 2.19. The number of rotatable bonds is 8. The standard InChI is InChI=1S/C23H26FN3O2S/c1-5-16(6-2)14-25-27-21(20-13-19(28-3)11-12-22(20)29-4)15-30-23(27)26-18-9-7-17(24)8-10-18/h7-16H,5-6H2,1-4H3. The van der Waals surface area contributed by atoms with E-state index in [1.54, 1.807) is 26.4 Å². The van der Waals surface area contributed by atoms with Crippen molar-refractivity contribution in [3.8, 4) is 22.8 Å². The van der Waals surface area contributed by atoms with E-state index in [0.29, 0.717) is 22.2 Å². The van der Waals surface area contributed by atoms with Crippen molar-refractivity contribution in [2.45, 2.75) is 26.7 Å². The Labute approximate surface area is 180 Å². The van der Waals surface area contributed by atoms with Crippen LogP contribution in [-0.4, -0.2) is 25.1 Å². The number of nitrogens with zero attached hydrogens (tertiary/aromatic N) is 3. The summed E-state index contributed by atoms with van der Waals surface area (Å²) in [7, 11) is 3.27. The number of hydrogen-bond donors (Lipinski definition) is 0. The Kier molecular flexibility index (Phi) is 7.41. The van der Waals surface area contributed by atoms with Crippen molar-refractivity contribution in [2.75, 3.05) is 14.2 Å². The molecule has 158 valence electrons. The van der Waals surface area contributed by atoms with E-state index < -0.39 is 0 Å². The van der Waals surface area contributed by atoms with Crippen molar-refractivity contribution in [2.24, 2.45) is 16.0 Å². The van der Waals surface area contributed by atoms with Gasteiger partial charge >= 0.3 is 0 Å². The molecule has 0 radical (unpaired) electrons. The molecule has 0 unspecified atom stereocenters. The van der Waals surface area contributed by atoms with Gasteiger partial charge in [-0.3, -0.25) is 0 Å². The van der Waals surface area contributed by atoms with Gasteiger partial charge in [-0.1, -0.05) is 13.8 Å². The predicted molar refractivity (Wildman–Crippen MR) is 120 cm³/mol. The molecule has 0 bridgehead atoms. The third-order valence-electron chi connectivity index (χ3n) is 4.86. The van der Waals surface area contributed by atoms with E-state index in [2.05, 4.69) is 18.8 Å². The third kappa shape index (κ3) is 4.97. The van der Waals surface area contributed by atoms with Crippen LogP contribution in [0.3, 0.4) is 0 Å². The molecule has 0 amide bonds. The Morgan fingerprint density at radius 1 is 1.07 bits per heavy atom. The van der Waals surface area contributed by atoms with E-state index in [4.69, 9.17) is 14.6 Å². The molecule has 0 saturated carbocycles. The second-order valence-corrected chi connectivity index (χ2v) is 7.55. The van der Waals surface area contributed by atoms with Crippen LogP contribution in [0.1, 0.15) is 26.7 Å². The summed E-state index contributed by atoms with van der Waals surface area (Å²) in [4.78, 5) is 5.37. The maximum atomic E-state index is 13.3. The summed E-state index contributed by atoms with van der Waals surface area (Å²) in [5.41, 5.74) is 2.36. The van der Waals surface area contributed by atoms with Gasteiger partial charge in [0.15, 0.2) is 0 Å². The van der Waals surface area contributed by atoms with Gasteiger partial charge in [0.2, 0.25) is 4.80 Å². The van der Waals surface area contributed by atoms with Gasteiger partial charge in [0.05, 0.1) is 25.6 Å². The first kappa shape index (κ1) is 21.8. The maximum Gasteiger partial charge on any atom is 0.211 e. The van der Waals surface area contributed by atoms with Crippen molar-refractivity contribution in [1.29, 1.82) is 0 Å². The topological polar surface area (TPSA) is 48.1 Å². The first-order valence-electron chi connectivity index (χ1n) is 9.87. The number of benzene rings is 2. The van der Waals surface area contributed by atoms with Crippen LogP contribution in [0.15, 0.2) is 57.9 Å². The lowest BCUT2D eigenvalue weighted by Gasteiger charge is -2.11. The molecule has 3 aromatic rings. The number of aromatic nitrogens is 1. The van der Waals surface area contributed by atoms with Gasteiger partial charge < -0.3 is 9.47 Å². The molecule has 5 nitrogen and oxygen atoms in total. The van der Waals surface area contributed by atoms with E-state index in [9.17, 15) is 4.39 Å². The molecule has 0 fully saturated rings. The minimum absolute atomic E-state index is 0.290. The highest BCUT2D eigenvalue weighted by Crippen LogP contribution is 2.34. The van der Waals surface area contributed by atoms with Gasteiger partial charge in [-0.2, -0.15) is 5.10 Å². The van der Waals surface area contributed by atoms with Crippen LogP contribution in [0.2, 0.25) is 0 Å². The van der Waals surface area contributed by atoms with Crippen LogP contribution < -0.4 is 14.3 Å². The monoisotopic (exact) mass is 427 g/mol. The van der Waals surface area contributed by atoms with E-state index in [-0.39, 0.29) is 5.82 Å². The van der Waals surface area contributed by atoms with Crippen molar-refractivity contribution in [3.05, 3.63) is 58.5 Å². The zero-order valence-electron chi connectivity index (χ0n) is 17.6. The zero-order valence-corrected chi connectivity index (χ0v) is 18.4. The Hall–Kier alpha value is -2.93. The highest BCUT2D eigenvalue weighted by atomic mass is 32.1. The summed E-state index contributed by atoms with van der Waals surface area (Å²) in [5.74, 6) is 1.52. The van der Waals surface area contributed by atoms with Crippen LogP contribution >= 0.6 is 11.3 Å². The second kappa shape index (κ2) is 10.2. The molecule has 0 aliphatic carbocycles. The van der Waals surface area contributed by atoms with Gasteiger partial charge in [-0.25, -0.2) is 14.1 Å². The number of hydrogen-bond acceptors (Lipinski definition) is 5. The quantitative estimate of drug-likeness (QED) is 0.422. The first-order chi connectivity index (χ1) is 14.6.